The van der Waals surface area contributed by atoms with E-state index in [2.05, 4.69) is 27.2 Å². The molecule has 3 heterocycles. The normalized spacial score (nSPS) is 16.1. The van der Waals surface area contributed by atoms with Crippen molar-refractivity contribution in [3.8, 4) is 5.75 Å². The first-order valence-electron chi connectivity index (χ1n) is 19.2. The molecule has 1 saturated carbocycles. The van der Waals surface area contributed by atoms with E-state index in [1.807, 2.05) is 57.3 Å². The number of amides is 1. The monoisotopic (exact) mass is 797 g/mol. The van der Waals surface area contributed by atoms with Crippen LogP contribution in [0, 0.1) is 12.3 Å². The van der Waals surface area contributed by atoms with E-state index in [0.29, 0.717) is 74.0 Å². The molecule has 2 aliphatic rings. The van der Waals surface area contributed by atoms with E-state index in [9.17, 15) is 22.8 Å². The van der Waals surface area contributed by atoms with Crippen LogP contribution >= 0.6 is 11.3 Å². The first kappa shape index (κ1) is 40.8. The zero-order valence-electron chi connectivity index (χ0n) is 32.7. The summed E-state index contributed by atoms with van der Waals surface area (Å²) < 4.78 is 31.8. The Morgan fingerprint density at radius 3 is 2.61 bits per heavy atom. The van der Waals surface area contributed by atoms with Crippen LogP contribution in [0.1, 0.15) is 98.5 Å². The Morgan fingerprint density at radius 1 is 1.05 bits per heavy atom. The summed E-state index contributed by atoms with van der Waals surface area (Å²) in [5, 5.41) is 8.34. The molecule has 0 saturated heterocycles. The Morgan fingerprint density at radius 2 is 1.84 bits per heavy atom. The van der Waals surface area contributed by atoms with Gasteiger partial charge < -0.3 is 20.3 Å². The molecular weight excluding hydrogens is 747 g/mol. The van der Waals surface area contributed by atoms with E-state index < -0.39 is 9.84 Å². The van der Waals surface area contributed by atoms with Crippen LogP contribution in [-0.2, 0) is 32.4 Å². The van der Waals surface area contributed by atoms with Gasteiger partial charge in [-0.25, -0.2) is 13.4 Å². The largest absolute Gasteiger partial charge is 0.494 e. The van der Waals surface area contributed by atoms with E-state index in [4.69, 9.17) is 4.74 Å². The zero-order valence-corrected chi connectivity index (χ0v) is 34.3. The molecule has 1 aliphatic carbocycles. The van der Waals surface area contributed by atoms with Crippen LogP contribution in [0.4, 0.5) is 23.1 Å². The highest BCUT2D eigenvalue weighted by Crippen LogP contribution is 2.36. The number of ether oxygens (including phenoxy) is 1. The first-order valence-corrected chi connectivity index (χ1v) is 21.7. The lowest BCUT2D eigenvalue weighted by Gasteiger charge is -2.25. The van der Waals surface area contributed by atoms with Crippen molar-refractivity contribution in [2.45, 2.75) is 103 Å². The number of thiophene rings is 1. The minimum atomic E-state index is -3.45. The molecule has 2 aromatic carbocycles. The maximum Gasteiger partial charge on any atom is 0.255 e. The summed E-state index contributed by atoms with van der Waals surface area (Å²) in [5.41, 5.74) is 4.44. The van der Waals surface area contributed by atoms with Gasteiger partial charge >= 0.3 is 0 Å². The van der Waals surface area contributed by atoms with Gasteiger partial charge in [-0.1, -0.05) is 39.0 Å². The number of carbonyl (C=O) groups excluding carboxylic acids is 3. The van der Waals surface area contributed by atoms with Gasteiger partial charge in [0, 0.05) is 59.2 Å². The number of fused-ring (bicyclic) bond motifs is 1. The number of Topliss-reactive ketones (excluding diaryl/α,β-unsaturated/α-hetero) is 2. The van der Waals surface area contributed by atoms with Gasteiger partial charge in [-0.05, 0) is 98.9 Å². The van der Waals surface area contributed by atoms with Crippen molar-refractivity contribution < 1.29 is 27.5 Å². The van der Waals surface area contributed by atoms with Crippen molar-refractivity contribution in [3.05, 3.63) is 93.8 Å². The second kappa shape index (κ2) is 17.5. The number of allylic oxidation sites excluding steroid dienone is 1. The lowest BCUT2D eigenvalue weighted by atomic mass is 10.0. The highest BCUT2D eigenvalue weighted by Gasteiger charge is 2.38. The minimum Gasteiger partial charge on any atom is -0.494 e. The minimum absolute atomic E-state index is 0.0453. The van der Waals surface area contributed by atoms with Crippen molar-refractivity contribution in [2.75, 3.05) is 23.0 Å². The van der Waals surface area contributed by atoms with Crippen molar-refractivity contribution in [1.82, 2.24) is 14.9 Å². The fourth-order valence-electron chi connectivity index (χ4n) is 7.06. The molecule has 1 amide bonds. The number of rotatable bonds is 16. The van der Waals surface area contributed by atoms with Gasteiger partial charge in [-0.2, -0.15) is 4.98 Å². The van der Waals surface area contributed by atoms with Crippen LogP contribution in [0.2, 0.25) is 0 Å². The molecule has 2 N–H and O–H groups in total. The fourth-order valence-corrected chi connectivity index (χ4v) is 10.0. The molecule has 2 aromatic heterocycles. The highest BCUT2D eigenvalue weighted by molar-refractivity contribution is 7.91. The maximum absolute atomic E-state index is 13.2. The summed E-state index contributed by atoms with van der Waals surface area (Å²) in [6, 6.07) is 13.8. The lowest BCUT2D eigenvalue weighted by Crippen LogP contribution is -2.40. The summed E-state index contributed by atoms with van der Waals surface area (Å²) in [5.74, 6) is 1.89. The van der Waals surface area contributed by atoms with E-state index in [0.717, 1.165) is 52.9 Å². The molecule has 6 rings (SSSR count). The number of unbranched alkanes of at least 4 members (excludes halogenated alkanes) is 1. The lowest BCUT2D eigenvalue weighted by molar-refractivity contribution is -0.123. The third kappa shape index (κ3) is 10.5. The number of carbonyl (C=O) groups is 3. The molecule has 1 fully saturated rings. The summed E-state index contributed by atoms with van der Waals surface area (Å²) >= 11 is 1.54. The number of ketones is 2. The van der Waals surface area contributed by atoms with Crippen LogP contribution in [-0.4, -0.2) is 59.2 Å². The molecule has 1 unspecified atom stereocenters. The van der Waals surface area contributed by atoms with Gasteiger partial charge in [0.2, 0.25) is 5.95 Å². The van der Waals surface area contributed by atoms with Crippen molar-refractivity contribution in [3.63, 3.8) is 0 Å². The van der Waals surface area contributed by atoms with Crippen LogP contribution < -0.4 is 15.4 Å². The predicted octanol–water partition coefficient (Wildman–Crippen LogP) is 8.93. The smallest absolute Gasteiger partial charge is 0.255 e. The standard InChI is InChI=1S/C43H51N5O6S2/c1-28-10-8-14-37(38(50)22-28)48-25-35-36(41(48)51)26-55-39(35)20-17-32(49)12-6-7-21-54-33-18-15-30(16-19-33)46-42-44-24-29(2)40(47-42)45-31-11-9-13-34(23-31)56(52,53)27-43(3,4)5/h9,11,13,15-16,18-19,23-24,26,37H,1,6-8,10,12,14,17,20-22,25,27H2,2-5H3,(H2,44,45,46,47). The molecule has 0 spiro atoms. The number of sulfone groups is 1. The van der Waals surface area contributed by atoms with Gasteiger partial charge in [0.25, 0.3) is 5.91 Å². The molecule has 11 nitrogen and oxygen atoms in total. The molecule has 1 atom stereocenters. The number of benzene rings is 2. The first-order chi connectivity index (χ1) is 26.6. The summed E-state index contributed by atoms with van der Waals surface area (Å²) in [6.45, 7) is 12.5. The Balaban J connectivity index is 0.920. The average Bonchev–Trinajstić information content (AvgIpc) is 3.63. The molecule has 0 radical (unpaired) electrons. The summed E-state index contributed by atoms with van der Waals surface area (Å²) in [6.07, 6.45) is 7.38. The van der Waals surface area contributed by atoms with Crippen molar-refractivity contribution in [2.24, 2.45) is 5.41 Å². The number of nitrogens with one attached hydrogen (secondary N) is 2. The molecule has 56 heavy (non-hydrogen) atoms. The van der Waals surface area contributed by atoms with Crippen LogP contribution in [0.5, 0.6) is 5.75 Å². The Hall–Kier alpha value is -4.88. The SMILES string of the molecule is C=C1CCCC(N2Cc3c(csc3CCC(=O)CCCCOc3ccc(Nc4ncc(C)c(Nc5cccc(S(=O)(=O)CC(C)(C)C)c5)n4)cc3)C2=O)C(=O)C1. The Kier molecular flexibility index (Phi) is 12.7. The molecular formula is C43H51N5O6S2. The van der Waals surface area contributed by atoms with Crippen LogP contribution in [0.25, 0.3) is 0 Å². The number of hydrogen-bond donors (Lipinski definition) is 2. The predicted molar refractivity (Wildman–Crippen MR) is 221 cm³/mol. The molecule has 296 valence electrons. The van der Waals surface area contributed by atoms with Crippen molar-refractivity contribution >= 4 is 61.8 Å². The second-order valence-electron chi connectivity index (χ2n) is 16.0. The van der Waals surface area contributed by atoms with Gasteiger partial charge in [-0.3, -0.25) is 14.4 Å². The molecule has 13 heteroatoms. The van der Waals surface area contributed by atoms with Crippen LogP contribution in [0.3, 0.4) is 0 Å². The highest BCUT2D eigenvalue weighted by atomic mass is 32.2. The van der Waals surface area contributed by atoms with Gasteiger partial charge in [-0.15, -0.1) is 11.3 Å². The van der Waals surface area contributed by atoms with E-state index >= 15 is 0 Å². The summed E-state index contributed by atoms with van der Waals surface area (Å²) in [7, 11) is -3.45. The number of nitrogens with zero attached hydrogens (tertiary/aromatic N) is 3. The van der Waals surface area contributed by atoms with Gasteiger partial charge in [0.15, 0.2) is 15.6 Å². The van der Waals surface area contributed by atoms with E-state index in [1.54, 1.807) is 35.4 Å². The quantitative estimate of drug-likeness (QED) is 0.0640. The van der Waals surface area contributed by atoms with E-state index in [1.165, 1.54) is 11.3 Å². The van der Waals surface area contributed by atoms with Gasteiger partial charge in [0.05, 0.1) is 28.9 Å². The number of aryl methyl sites for hydroxylation is 2. The van der Waals surface area contributed by atoms with Gasteiger partial charge in [0.1, 0.15) is 17.4 Å². The van der Waals surface area contributed by atoms with E-state index in [-0.39, 0.29) is 39.6 Å². The number of hydrogen-bond acceptors (Lipinski definition) is 11. The summed E-state index contributed by atoms with van der Waals surface area (Å²) in [4.78, 5) is 50.8. The average molecular weight is 798 g/mol. The maximum atomic E-state index is 13.2. The number of anilines is 4. The third-order valence-corrected chi connectivity index (χ3v) is 13.2. The second-order valence-corrected chi connectivity index (χ2v) is 18.9. The Labute approximate surface area is 333 Å². The molecule has 0 bridgehead atoms. The zero-order chi connectivity index (χ0) is 40.0. The van der Waals surface area contributed by atoms with Crippen LogP contribution in [0.15, 0.2) is 77.2 Å². The molecule has 1 aliphatic heterocycles. The number of aromatic nitrogens is 2. The van der Waals surface area contributed by atoms with Crippen molar-refractivity contribution in [1.29, 1.82) is 0 Å². The topological polar surface area (TPSA) is 148 Å². The fraction of sp³-hybridized carbons (Fsp3) is 0.419. The Bertz CT molecular complexity index is 2210. The third-order valence-electron chi connectivity index (χ3n) is 9.89. The molecule has 4 aromatic rings.